The van der Waals surface area contributed by atoms with Crippen molar-refractivity contribution in [3.05, 3.63) is 0 Å². The molecule has 0 radical (unpaired) electrons. The van der Waals surface area contributed by atoms with Gasteiger partial charge in [0.05, 0.1) is 25.4 Å². The molecule has 0 aliphatic carbocycles. The van der Waals surface area contributed by atoms with Crippen molar-refractivity contribution in [2.24, 2.45) is 0 Å². The summed E-state index contributed by atoms with van der Waals surface area (Å²) >= 11 is 0. The van der Waals surface area contributed by atoms with Crippen LogP contribution < -0.4 is 0 Å². The largest absolute Gasteiger partial charge is 0.481 e. The van der Waals surface area contributed by atoms with Gasteiger partial charge in [-0.1, -0.05) is 0 Å². The molecule has 0 fully saturated rings. The van der Waals surface area contributed by atoms with E-state index in [9.17, 15) is 13.2 Å². The lowest BCUT2D eigenvalue weighted by Crippen LogP contribution is -2.12. The van der Waals surface area contributed by atoms with Gasteiger partial charge in [0.2, 0.25) is 0 Å². The first-order valence-corrected chi connectivity index (χ1v) is 5.45. The third-order valence-corrected chi connectivity index (χ3v) is 1.97. The predicted octanol–water partition coefficient (Wildman–Crippen LogP) is -0.478. The van der Waals surface area contributed by atoms with Crippen molar-refractivity contribution >= 4 is 15.8 Å². The molecule has 0 bridgehead atoms. The van der Waals surface area contributed by atoms with Gasteiger partial charge in [-0.15, -0.1) is 0 Å². The summed E-state index contributed by atoms with van der Waals surface area (Å²) in [5.74, 6) is -1.01. The van der Waals surface area contributed by atoms with Crippen LogP contribution in [0.25, 0.3) is 0 Å². The van der Waals surface area contributed by atoms with E-state index in [1.165, 1.54) is 0 Å². The van der Waals surface area contributed by atoms with E-state index in [0.29, 0.717) is 0 Å². The molecule has 1 N–H and O–H groups in total. The fourth-order valence-corrected chi connectivity index (χ4v) is 0.892. The zero-order valence-electron chi connectivity index (χ0n) is 6.82. The van der Waals surface area contributed by atoms with Crippen molar-refractivity contribution in [3.8, 4) is 0 Å². The first kappa shape index (κ1) is 11.4. The minimum absolute atomic E-state index is 0.0604. The van der Waals surface area contributed by atoms with Gasteiger partial charge in [0.15, 0.2) is 0 Å². The molecule has 0 amide bonds. The Hall–Kier alpha value is -0.620. The monoisotopic (exact) mass is 196 g/mol. The highest BCUT2D eigenvalue weighted by Gasteiger charge is 2.01. The van der Waals surface area contributed by atoms with Crippen LogP contribution in [0.2, 0.25) is 0 Å². The van der Waals surface area contributed by atoms with Crippen molar-refractivity contribution in [1.82, 2.24) is 0 Å². The summed E-state index contributed by atoms with van der Waals surface area (Å²) in [7, 11) is -3.00. The standard InChI is InChI=1S/C6H12O5S/c1-12(9,10)5-4-11-3-2-6(7)8/h2-5H2,1H3,(H,7,8). The molecule has 0 spiro atoms. The number of aliphatic carboxylic acids is 1. The lowest BCUT2D eigenvalue weighted by molar-refractivity contribution is -0.138. The Kier molecular flexibility index (Phi) is 4.84. The molecule has 0 aliphatic rings. The molecule has 0 rings (SSSR count). The Bertz CT molecular complexity index is 230. The van der Waals surface area contributed by atoms with Crippen LogP contribution in [0.3, 0.4) is 0 Å². The molecule has 0 aromatic rings. The van der Waals surface area contributed by atoms with E-state index < -0.39 is 15.8 Å². The van der Waals surface area contributed by atoms with E-state index in [4.69, 9.17) is 9.84 Å². The molecule has 0 saturated carbocycles. The second-order valence-electron chi connectivity index (χ2n) is 2.39. The van der Waals surface area contributed by atoms with E-state index in [2.05, 4.69) is 0 Å². The van der Waals surface area contributed by atoms with Crippen LogP contribution in [0.5, 0.6) is 0 Å². The molecule has 0 aromatic carbocycles. The number of carboxylic acid groups (broad SMARTS) is 1. The Morgan fingerprint density at radius 2 is 2.00 bits per heavy atom. The van der Waals surface area contributed by atoms with Gasteiger partial charge in [0.25, 0.3) is 0 Å². The Morgan fingerprint density at radius 1 is 1.42 bits per heavy atom. The highest BCUT2D eigenvalue weighted by molar-refractivity contribution is 7.90. The molecule has 12 heavy (non-hydrogen) atoms. The van der Waals surface area contributed by atoms with Crippen LogP contribution >= 0.6 is 0 Å². The molecule has 72 valence electrons. The van der Waals surface area contributed by atoms with Crippen molar-refractivity contribution < 1.29 is 23.1 Å². The van der Waals surface area contributed by atoms with E-state index in [1.807, 2.05) is 0 Å². The second-order valence-corrected chi connectivity index (χ2v) is 4.65. The zero-order valence-corrected chi connectivity index (χ0v) is 7.63. The van der Waals surface area contributed by atoms with Gasteiger partial charge in [-0.25, -0.2) is 8.42 Å². The number of rotatable bonds is 6. The van der Waals surface area contributed by atoms with Crippen LogP contribution in [0.4, 0.5) is 0 Å². The number of hydrogen-bond donors (Lipinski definition) is 1. The van der Waals surface area contributed by atoms with Gasteiger partial charge in [0.1, 0.15) is 9.84 Å². The number of sulfone groups is 1. The van der Waals surface area contributed by atoms with E-state index in [1.54, 1.807) is 0 Å². The zero-order chi connectivity index (χ0) is 9.61. The molecule has 0 aliphatic heterocycles. The minimum Gasteiger partial charge on any atom is -0.481 e. The summed E-state index contributed by atoms with van der Waals surface area (Å²) in [5.41, 5.74) is 0. The average molecular weight is 196 g/mol. The van der Waals surface area contributed by atoms with E-state index >= 15 is 0 Å². The summed E-state index contributed by atoms with van der Waals surface area (Å²) in [6.45, 7) is 0.122. The molecule has 0 saturated heterocycles. The van der Waals surface area contributed by atoms with Crippen LogP contribution in [-0.2, 0) is 19.4 Å². The fourth-order valence-electron chi connectivity index (χ4n) is 0.472. The third-order valence-electron chi connectivity index (χ3n) is 1.06. The smallest absolute Gasteiger partial charge is 0.305 e. The first-order valence-electron chi connectivity index (χ1n) is 3.39. The summed E-state index contributed by atoms with van der Waals surface area (Å²) in [6.07, 6.45) is 1.01. The molecular weight excluding hydrogens is 184 g/mol. The number of carboxylic acids is 1. The van der Waals surface area contributed by atoms with Crippen LogP contribution in [0, 0.1) is 0 Å². The molecule has 0 unspecified atom stereocenters. The highest BCUT2D eigenvalue weighted by atomic mass is 32.2. The number of hydrogen-bond acceptors (Lipinski definition) is 4. The van der Waals surface area contributed by atoms with Crippen molar-refractivity contribution in [1.29, 1.82) is 0 Å². The van der Waals surface area contributed by atoms with Gasteiger partial charge < -0.3 is 9.84 Å². The van der Waals surface area contributed by atoms with Crippen LogP contribution in [0.15, 0.2) is 0 Å². The Morgan fingerprint density at radius 3 is 2.42 bits per heavy atom. The van der Waals surface area contributed by atoms with Gasteiger partial charge in [-0.2, -0.15) is 0 Å². The van der Waals surface area contributed by atoms with Crippen molar-refractivity contribution in [3.63, 3.8) is 0 Å². The Balaban J connectivity index is 3.29. The number of carbonyl (C=O) groups is 1. The molecule has 0 heterocycles. The van der Waals surface area contributed by atoms with Crippen molar-refractivity contribution in [2.45, 2.75) is 6.42 Å². The van der Waals surface area contributed by atoms with Gasteiger partial charge in [-0.3, -0.25) is 4.79 Å². The number of ether oxygens (including phenoxy) is 1. The molecule has 0 atom stereocenters. The van der Waals surface area contributed by atoms with E-state index in [0.717, 1.165) is 6.26 Å². The maximum absolute atomic E-state index is 10.5. The molecule has 0 aromatic heterocycles. The minimum atomic E-state index is -3.00. The van der Waals surface area contributed by atoms with Gasteiger partial charge in [-0.05, 0) is 0 Å². The fraction of sp³-hybridized carbons (Fsp3) is 0.833. The normalized spacial score (nSPS) is 11.4. The maximum Gasteiger partial charge on any atom is 0.305 e. The van der Waals surface area contributed by atoms with Crippen molar-refractivity contribution in [2.75, 3.05) is 25.2 Å². The maximum atomic E-state index is 10.5. The summed E-state index contributed by atoms with van der Waals surface area (Å²) in [4.78, 5) is 9.96. The van der Waals surface area contributed by atoms with Crippen LogP contribution in [-0.4, -0.2) is 44.7 Å². The van der Waals surface area contributed by atoms with E-state index in [-0.39, 0.29) is 25.4 Å². The lowest BCUT2D eigenvalue weighted by atomic mass is 10.5. The SMILES string of the molecule is CS(=O)(=O)CCOCCC(=O)O. The average Bonchev–Trinajstić information content (AvgIpc) is 1.83. The topological polar surface area (TPSA) is 80.7 Å². The quantitative estimate of drug-likeness (QED) is 0.580. The highest BCUT2D eigenvalue weighted by Crippen LogP contribution is 1.86. The van der Waals surface area contributed by atoms with Gasteiger partial charge in [0, 0.05) is 6.26 Å². The third kappa shape index (κ3) is 9.38. The summed E-state index contributed by atoms with van der Waals surface area (Å²) in [5, 5.41) is 8.17. The molecule has 6 heteroatoms. The van der Waals surface area contributed by atoms with Crippen LogP contribution in [0.1, 0.15) is 6.42 Å². The summed E-state index contributed by atoms with van der Waals surface area (Å²) in [6, 6.07) is 0. The second kappa shape index (κ2) is 5.10. The molecule has 5 nitrogen and oxygen atoms in total. The Labute approximate surface area is 71.3 Å². The van der Waals surface area contributed by atoms with Gasteiger partial charge >= 0.3 is 5.97 Å². The molecular formula is C6H12O5S. The lowest BCUT2D eigenvalue weighted by Gasteiger charge is -1.99. The summed E-state index contributed by atoms with van der Waals surface area (Å²) < 4.78 is 25.8. The predicted molar refractivity (Wildman–Crippen MR) is 42.8 cm³/mol. The first-order chi connectivity index (χ1) is 5.42.